The predicted molar refractivity (Wildman–Crippen MR) is 143 cm³/mol. The number of anilines is 1. The second-order valence-electron chi connectivity index (χ2n) is 10.8. The number of benzene rings is 2. The van der Waals surface area contributed by atoms with Crippen molar-refractivity contribution in [3.63, 3.8) is 0 Å². The molecule has 1 unspecified atom stereocenters. The molecule has 1 atom stereocenters. The Kier molecular flexibility index (Phi) is 6.85. The van der Waals surface area contributed by atoms with E-state index in [9.17, 15) is 18.4 Å². The fraction of sp³-hybridized carbons (Fsp3) is 0.429. The van der Waals surface area contributed by atoms with E-state index in [-0.39, 0.29) is 5.56 Å². The maximum Gasteiger partial charge on any atom is 0.414 e. The summed E-state index contributed by atoms with van der Waals surface area (Å²) < 4.78 is 32.1. The van der Waals surface area contributed by atoms with Gasteiger partial charge in [0, 0.05) is 46.4 Å². The van der Waals surface area contributed by atoms with Gasteiger partial charge in [0.1, 0.15) is 5.60 Å². The lowest BCUT2D eigenvalue weighted by atomic mass is 9.81. The SMILES string of the molecule is CC(C)(C)OC(=O)N1CCn2c(c(C3CCCCC3)c3ccc(C(=O)NS(=O)[O-])cc32)-c2ccccc21. The Morgan fingerprint density at radius 2 is 1.78 bits per heavy atom. The Balaban J connectivity index is 1.71. The molecule has 1 aromatic heterocycles. The van der Waals surface area contributed by atoms with Crippen molar-refractivity contribution in [3.05, 3.63) is 53.6 Å². The first-order valence-electron chi connectivity index (χ1n) is 12.8. The largest absolute Gasteiger partial charge is 0.755 e. The fourth-order valence-electron chi connectivity index (χ4n) is 5.72. The first-order chi connectivity index (χ1) is 17.6. The molecule has 37 heavy (non-hydrogen) atoms. The van der Waals surface area contributed by atoms with Crippen LogP contribution in [0.15, 0.2) is 42.5 Å². The molecule has 1 N–H and O–H groups in total. The van der Waals surface area contributed by atoms with Crippen LogP contribution in [0.2, 0.25) is 0 Å². The number of nitrogens with one attached hydrogen (secondary N) is 1. The third-order valence-electron chi connectivity index (χ3n) is 7.17. The van der Waals surface area contributed by atoms with Gasteiger partial charge >= 0.3 is 6.09 Å². The number of nitrogens with zero attached hydrogens (tertiary/aromatic N) is 2. The number of rotatable bonds is 3. The van der Waals surface area contributed by atoms with Gasteiger partial charge in [-0.2, -0.15) is 0 Å². The summed E-state index contributed by atoms with van der Waals surface area (Å²) in [5, 5.41) is 1.07. The van der Waals surface area contributed by atoms with E-state index in [1.807, 2.05) is 55.8 Å². The summed E-state index contributed by atoms with van der Waals surface area (Å²) >= 11 is -2.70. The van der Waals surface area contributed by atoms with Crippen molar-refractivity contribution in [1.29, 1.82) is 0 Å². The van der Waals surface area contributed by atoms with E-state index in [1.54, 1.807) is 17.0 Å². The average molecular weight is 523 g/mol. The van der Waals surface area contributed by atoms with Crippen LogP contribution in [-0.4, -0.2) is 37.5 Å². The summed E-state index contributed by atoms with van der Waals surface area (Å²) in [6, 6.07) is 13.3. The van der Waals surface area contributed by atoms with E-state index >= 15 is 0 Å². The normalized spacial score (nSPS) is 17.0. The van der Waals surface area contributed by atoms with Gasteiger partial charge in [-0.3, -0.25) is 18.6 Å². The number of hydrogen-bond donors (Lipinski definition) is 1. The van der Waals surface area contributed by atoms with Crippen LogP contribution >= 0.6 is 0 Å². The molecule has 1 aliphatic heterocycles. The summed E-state index contributed by atoms with van der Waals surface area (Å²) in [6.07, 6.45) is 5.33. The number of para-hydroxylation sites is 1. The van der Waals surface area contributed by atoms with Crippen molar-refractivity contribution < 1.29 is 23.1 Å². The van der Waals surface area contributed by atoms with E-state index in [0.717, 1.165) is 53.5 Å². The van der Waals surface area contributed by atoms with Gasteiger partial charge in [-0.25, -0.2) is 4.79 Å². The van der Waals surface area contributed by atoms with Crippen molar-refractivity contribution in [1.82, 2.24) is 9.29 Å². The van der Waals surface area contributed by atoms with Gasteiger partial charge in [0.25, 0.3) is 5.91 Å². The van der Waals surface area contributed by atoms with Gasteiger partial charge in [0.15, 0.2) is 0 Å². The monoisotopic (exact) mass is 522 g/mol. The topological polar surface area (TPSA) is 104 Å². The highest BCUT2D eigenvalue weighted by molar-refractivity contribution is 7.77. The highest BCUT2D eigenvalue weighted by atomic mass is 32.2. The number of hydrogen-bond acceptors (Lipinski definition) is 5. The van der Waals surface area contributed by atoms with Crippen LogP contribution in [0.1, 0.15) is 74.7 Å². The molecule has 9 heteroatoms. The fourth-order valence-corrected chi connectivity index (χ4v) is 5.98. The summed E-state index contributed by atoms with van der Waals surface area (Å²) in [6.45, 7) is 6.47. The quantitative estimate of drug-likeness (QED) is 0.449. The van der Waals surface area contributed by atoms with E-state index in [1.165, 1.54) is 12.0 Å². The maximum absolute atomic E-state index is 13.3. The molecular formula is C28H32N3O5S-. The third-order valence-corrected chi connectivity index (χ3v) is 7.52. The molecule has 0 bridgehead atoms. The molecule has 2 heterocycles. The third kappa shape index (κ3) is 5.02. The minimum Gasteiger partial charge on any atom is -0.755 e. The van der Waals surface area contributed by atoms with E-state index < -0.39 is 28.9 Å². The first-order valence-corrected chi connectivity index (χ1v) is 13.9. The lowest BCUT2D eigenvalue weighted by Gasteiger charge is -2.28. The molecule has 2 amide bonds. The van der Waals surface area contributed by atoms with Gasteiger partial charge < -0.3 is 13.9 Å². The van der Waals surface area contributed by atoms with Crippen molar-refractivity contribution >= 4 is 39.9 Å². The van der Waals surface area contributed by atoms with Crippen molar-refractivity contribution in [2.24, 2.45) is 0 Å². The smallest absolute Gasteiger partial charge is 0.414 e. The van der Waals surface area contributed by atoms with Crippen molar-refractivity contribution in [2.75, 3.05) is 11.4 Å². The zero-order chi connectivity index (χ0) is 26.3. The first kappa shape index (κ1) is 25.5. The van der Waals surface area contributed by atoms with Crippen molar-refractivity contribution in [2.45, 2.75) is 70.9 Å². The van der Waals surface area contributed by atoms with Crippen LogP contribution in [-0.2, 0) is 22.5 Å². The molecule has 0 radical (unpaired) electrons. The Labute approximate surface area is 219 Å². The summed E-state index contributed by atoms with van der Waals surface area (Å²) in [5.74, 6) is -0.308. The Hall–Kier alpha value is -3.17. The molecule has 1 aliphatic carbocycles. The number of amides is 2. The Morgan fingerprint density at radius 3 is 2.49 bits per heavy atom. The van der Waals surface area contributed by atoms with Crippen LogP contribution in [0, 0.1) is 0 Å². The van der Waals surface area contributed by atoms with Crippen LogP contribution < -0.4 is 9.62 Å². The lowest BCUT2D eigenvalue weighted by molar-refractivity contribution is 0.0579. The van der Waals surface area contributed by atoms with Crippen LogP contribution in [0.25, 0.3) is 22.2 Å². The van der Waals surface area contributed by atoms with E-state index in [4.69, 9.17) is 4.74 Å². The second kappa shape index (κ2) is 9.95. The zero-order valence-electron chi connectivity index (χ0n) is 21.4. The Bertz CT molecular complexity index is 1380. The minimum absolute atomic E-state index is 0.272. The Morgan fingerprint density at radius 1 is 1.05 bits per heavy atom. The highest BCUT2D eigenvalue weighted by Gasteiger charge is 2.33. The number of aromatic nitrogens is 1. The zero-order valence-corrected chi connectivity index (χ0v) is 22.2. The van der Waals surface area contributed by atoms with Gasteiger partial charge in [-0.1, -0.05) is 43.5 Å². The van der Waals surface area contributed by atoms with E-state index in [2.05, 4.69) is 4.57 Å². The predicted octanol–water partition coefficient (Wildman–Crippen LogP) is 5.64. The van der Waals surface area contributed by atoms with Gasteiger partial charge in [0.05, 0.1) is 11.4 Å². The van der Waals surface area contributed by atoms with Gasteiger partial charge in [-0.05, 0) is 63.3 Å². The second-order valence-corrected chi connectivity index (χ2v) is 11.5. The number of ether oxygens (including phenoxy) is 1. The standard InChI is InChI=1S/C28H33N3O5S/c1-28(2,3)36-27(33)31-16-15-30-23-17-19(26(32)29-37(34)35)13-14-20(23)24(18-9-5-4-6-10-18)25(30)21-11-7-8-12-22(21)31/h7-8,11-14,17-18H,4-6,9-10,15-16H2,1-3H3,(H,29,32)(H,34,35)/p-1. The molecule has 5 rings (SSSR count). The molecule has 2 aromatic carbocycles. The number of carbonyl (C=O) groups is 2. The van der Waals surface area contributed by atoms with E-state index in [0.29, 0.717) is 19.0 Å². The minimum atomic E-state index is -2.70. The van der Waals surface area contributed by atoms with Crippen molar-refractivity contribution in [3.8, 4) is 11.3 Å². The van der Waals surface area contributed by atoms with Gasteiger partial charge in [0.2, 0.25) is 0 Å². The highest BCUT2D eigenvalue weighted by Crippen LogP contribution is 2.47. The molecule has 0 spiro atoms. The summed E-state index contributed by atoms with van der Waals surface area (Å²) in [4.78, 5) is 27.5. The molecule has 1 fully saturated rings. The molecule has 3 aromatic rings. The molecule has 0 saturated heterocycles. The van der Waals surface area contributed by atoms with Crippen LogP contribution in [0.5, 0.6) is 0 Å². The number of carbonyl (C=O) groups excluding carboxylic acids is 2. The molecule has 8 nitrogen and oxygen atoms in total. The summed E-state index contributed by atoms with van der Waals surface area (Å²) in [7, 11) is 0. The van der Waals surface area contributed by atoms with Crippen LogP contribution in [0.4, 0.5) is 10.5 Å². The molecule has 196 valence electrons. The van der Waals surface area contributed by atoms with Crippen LogP contribution in [0.3, 0.4) is 0 Å². The maximum atomic E-state index is 13.3. The summed E-state index contributed by atoms with van der Waals surface area (Å²) in [5.41, 5.74) is 4.57. The number of fused-ring (bicyclic) bond motifs is 5. The molecule has 2 aliphatic rings. The molecular weight excluding hydrogens is 490 g/mol. The lowest BCUT2D eigenvalue weighted by Crippen LogP contribution is -2.38. The van der Waals surface area contributed by atoms with Gasteiger partial charge in [-0.15, -0.1) is 0 Å². The molecule has 1 saturated carbocycles. The average Bonchev–Trinajstić information content (AvgIpc) is 3.06.